The van der Waals surface area contributed by atoms with Gasteiger partial charge in [-0.05, 0) is 43.2 Å². The van der Waals surface area contributed by atoms with Crippen LogP contribution in [0.4, 0.5) is 8.78 Å². The molecule has 0 aliphatic carbocycles. The molecule has 0 amide bonds. The fraction of sp³-hybridized carbons (Fsp3) is 0.231. The minimum Gasteiger partial charge on any atom is -0.207 e. The fourth-order valence-electron chi connectivity index (χ4n) is 1.80. The molecule has 0 saturated heterocycles. The zero-order valence-electron chi connectivity index (χ0n) is 9.43. The van der Waals surface area contributed by atoms with Crippen LogP contribution in [0.25, 0.3) is 0 Å². The van der Waals surface area contributed by atoms with E-state index in [0.717, 1.165) is 21.4 Å². The highest BCUT2D eigenvalue weighted by Gasteiger charge is 2.17. The van der Waals surface area contributed by atoms with Crippen LogP contribution in [-0.4, -0.2) is 0 Å². The smallest absolute Gasteiger partial charge is 0.126 e. The van der Waals surface area contributed by atoms with Crippen molar-refractivity contribution in [3.05, 3.63) is 56.8 Å². The van der Waals surface area contributed by atoms with Crippen molar-refractivity contribution >= 4 is 22.9 Å². The van der Waals surface area contributed by atoms with Crippen molar-refractivity contribution in [1.82, 2.24) is 0 Å². The first-order valence-corrected chi connectivity index (χ1v) is 6.39. The van der Waals surface area contributed by atoms with Gasteiger partial charge in [-0.1, -0.05) is 0 Å². The summed E-state index contributed by atoms with van der Waals surface area (Å²) in [4.78, 5) is 2.21. The predicted octanol–water partition coefficient (Wildman–Crippen LogP) is 4.97. The van der Waals surface area contributed by atoms with Gasteiger partial charge in [0, 0.05) is 15.8 Å². The summed E-state index contributed by atoms with van der Waals surface area (Å²) in [6.07, 6.45) is 0. The number of rotatable bonds is 2. The van der Waals surface area contributed by atoms with Gasteiger partial charge in [0.15, 0.2) is 0 Å². The Hall–Kier alpha value is -0.930. The van der Waals surface area contributed by atoms with Crippen LogP contribution in [0.5, 0.6) is 0 Å². The molecule has 0 aliphatic rings. The first-order chi connectivity index (χ1) is 7.97. The van der Waals surface area contributed by atoms with E-state index in [0.29, 0.717) is 5.56 Å². The Bertz CT molecular complexity index is 528. The molecule has 0 fully saturated rings. The summed E-state index contributed by atoms with van der Waals surface area (Å²) >= 11 is 7.90. The van der Waals surface area contributed by atoms with E-state index in [1.807, 2.05) is 19.9 Å². The second-order valence-electron chi connectivity index (χ2n) is 3.93. The number of hydrogen-bond donors (Lipinski definition) is 0. The minimum absolute atomic E-state index is 0.449. The third-order valence-corrected chi connectivity index (χ3v) is 4.00. The molecule has 0 nitrogen and oxygen atoms in total. The highest BCUT2D eigenvalue weighted by Crippen LogP contribution is 2.35. The molecule has 1 heterocycles. The summed E-state index contributed by atoms with van der Waals surface area (Å²) in [5.41, 5.74) is 1.37. The molecular weight excluding hydrogens is 262 g/mol. The number of halogens is 3. The molecule has 0 bridgehead atoms. The van der Waals surface area contributed by atoms with E-state index in [1.165, 1.54) is 12.1 Å². The Kier molecular flexibility index (Phi) is 3.50. The molecule has 1 aromatic heterocycles. The predicted molar refractivity (Wildman–Crippen MR) is 67.8 cm³/mol. The van der Waals surface area contributed by atoms with Crippen molar-refractivity contribution in [2.75, 3.05) is 0 Å². The monoisotopic (exact) mass is 272 g/mol. The zero-order chi connectivity index (χ0) is 12.6. The van der Waals surface area contributed by atoms with Gasteiger partial charge in [-0.3, -0.25) is 0 Å². The lowest BCUT2D eigenvalue weighted by molar-refractivity contribution is 0.580. The van der Waals surface area contributed by atoms with Crippen LogP contribution in [0.15, 0.2) is 24.3 Å². The summed E-state index contributed by atoms with van der Waals surface area (Å²) < 4.78 is 26.2. The lowest BCUT2D eigenvalue weighted by atomic mass is 10.0. The van der Waals surface area contributed by atoms with E-state index in [9.17, 15) is 8.78 Å². The third-order valence-electron chi connectivity index (χ3n) is 2.53. The molecule has 4 heteroatoms. The zero-order valence-corrected chi connectivity index (χ0v) is 11.0. The SMILES string of the molecule is Cc1cc(C(Cl)c2cc(F)cc(F)c2)c(C)s1. The Balaban J connectivity index is 2.43. The maximum absolute atomic E-state index is 13.1. The van der Waals surface area contributed by atoms with E-state index in [1.54, 1.807) is 11.3 Å². The van der Waals surface area contributed by atoms with E-state index in [-0.39, 0.29) is 0 Å². The van der Waals surface area contributed by atoms with Crippen LogP contribution in [0.2, 0.25) is 0 Å². The summed E-state index contributed by atoms with van der Waals surface area (Å²) in [6, 6.07) is 5.35. The number of thiophene rings is 1. The highest BCUT2D eigenvalue weighted by molar-refractivity contribution is 7.12. The van der Waals surface area contributed by atoms with Crippen LogP contribution in [0.3, 0.4) is 0 Å². The normalized spacial score (nSPS) is 12.8. The first-order valence-electron chi connectivity index (χ1n) is 5.14. The lowest BCUT2D eigenvalue weighted by Gasteiger charge is -2.10. The molecule has 0 saturated carbocycles. The maximum Gasteiger partial charge on any atom is 0.126 e. The van der Waals surface area contributed by atoms with Crippen molar-refractivity contribution in [1.29, 1.82) is 0 Å². The van der Waals surface area contributed by atoms with Crippen molar-refractivity contribution in [2.24, 2.45) is 0 Å². The molecule has 2 aromatic rings. The molecule has 0 spiro atoms. The van der Waals surface area contributed by atoms with Crippen LogP contribution >= 0.6 is 22.9 Å². The molecule has 0 aliphatic heterocycles. The quantitative estimate of drug-likeness (QED) is 0.677. The molecule has 0 radical (unpaired) electrons. The average molecular weight is 273 g/mol. The lowest BCUT2D eigenvalue weighted by Crippen LogP contribution is -1.95. The van der Waals surface area contributed by atoms with Crippen LogP contribution < -0.4 is 0 Å². The van der Waals surface area contributed by atoms with Gasteiger partial charge >= 0.3 is 0 Å². The van der Waals surface area contributed by atoms with Gasteiger partial charge in [0.2, 0.25) is 0 Å². The second-order valence-corrected chi connectivity index (χ2v) is 5.83. The number of alkyl halides is 1. The van der Waals surface area contributed by atoms with Crippen LogP contribution in [0.1, 0.15) is 26.3 Å². The Labute approximate surface area is 108 Å². The van der Waals surface area contributed by atoms with E-state index in [2.05, 4.69) is 0 Å². The molecule has 90 valence electrons. The number of hydrogen-bond acceptors (Lipinski definition) is 1. The van der Waals surface area contributed by atoms with Gasteiger partial charge in [-0.15, -0.1) is 22.9 Å². The summed E-state index contributed by atoms with van der Waals surface area (Å²) in [5.74, 6) is -1.20. The number of benzene rings is 1. The van der Waals surface area contributed by atoms with E-state index >= 15 is 0 Å². The molecule has 1 aromatic carbocycles. The molecule has 2 rings (SSSR count). The largest absolute Gasteiger partial charge is 0.207 e. The van der Waals surface area contributed by atoms with Gasteiger partial charge in [-0.2, -0.15) is 0 Å². The third kappa shape index (κ3) is 2.67. The highest BCUT2D eigenvalue weighted by atomic mass is 35.5. The van der Waals surface area contributed by atoms with E-state index in [4.69, 9.17) is 11.6 Å². The van der Waals surface area contributed by atoms with Gasteiger partial charge in [0.1, 0.15) is 11.6 Å². The van der Waals surface area contributed by atoms with E-state index < -0.39 is 17.0 Å². The summed E-state index contributed by atoms with van der Waals surface area (Å²) in [5, 5.41) is -0.509. The van der Waals surface area contributed by atoms with Crippen molar-refractivity contribution in [2.45, 2.75) is 19.2 Å². The summed E-state index contributed by atoms with van der Waals surface area (Å²) in [6.45, 7) is 3.94. The number of aryl methyl sites for hydroxylation is 2. The van der Waals surface area contributed by atoms with Crippen molar-refractivity contribution in [3.8, 4) is 0 Å². The van der Waals surface area contributed by atoms with Gasteiger partial charge in [0.05, 0.1) is 5.38 Å². The second kappa shape index (κ2) is 4.75. The molecule has 17 heavy (non-hydrogen) atoms. The standard InChI is InChI=1S/C13H11ClF2S/c1-7-3-12(8(2)17-7)13(14)9-4-10(15)6-11(16)5-9/h3-6,13H,1-2H3. The van der Waals surface area contributed by atoms with Crippen LogP contribution in [-0.2, 0) is 0 Å². The molecule has 0 N–H and O–H groups in total. The van der Waals surface area contributed by atoms with Gasteiger partial charge in [0.25, 0.3) is 0 Å². The molecule has 1 unspecified atom stereocenters. The minimum atomic E-state index is -0.602. The first kappa shape index (κ1) is 12.5. The molecule has 1 atom stereocenters. The topological polar surface area (TPSA) is 0 Å². The maximum atomic E-state index is 13.1. The van der Waals surface area contributed by atoms with Crippen molar-refractivity contribution in [3.63, 3.8) is 0 Å². The fourth-order valence-corrected chi connectivity index (χ4v) is 3.18. The van der Waals surface area contributed by atoms with Gasteiger partial charge in [-0.25, -0.2) is 8.78 Å². The Morgan fingerprint density at radius 3 is 2.12 bits per heavy atom. The van der Waals surface area contributed by atoms with Crippen molar-refractivity contribution < 1.29 is 8.78 Å². The average Bonchev–Trinajstić information content (AvgIpc) is 2.55. The van der Waals surface area contributed by atoms with Crippen LogP contribution in [0, 0.1) is 25.5 Å². The molecular formula is C13H11ClF2S. The Morgan fingerprint density at radius 2 is 1.65 bits per heavy atom. The Morgan fingerprint density at radius 1 is 1.06 bits per heavy atom. The summed E-state index contributed by atoms with van der Waals surface area (Å²) in [7, 11) is 0. The van der Waals surface area contributed by atoms with Gasteiger partial charge < -0.3 is 0 Å².